The van der Waals surface area contributed by atoms with E-state index in [0.29, 0.717) is 18.5 Å². The van der Waals surface area contributed by atoms with Crippen molar-refractivity contribution in [3.05, 3.63) is 35.4 Å². The van der Waals surface area contributed by atoms with E-state index in [0.717, 1.165) is 5.56 Å². The molecule has 1 unspecified atom stereocenters. The Kier molecular flexibility index (Phi) is 2.27. The van der Waals surface area contributed by atoms with Gasteiger partial charge in [-0.25, -0.2) is 0 Å². The molecule has 0 saturated heterocycles. The highest BCUT2D eigenvalue weighted by molar-refractivity contribution is 5.99. The Hall–Kier alpha value is -1.35. The molecule has 0 radical (unpaired) electrons. The molecule has 3 nitrogen and oxygen atoms in total. The molecule has 1 aliphatic rings. The van der Waals surface area contributed by atoms with Gasteiger partial charge < -0.3 is 10.0 Å². The SMILES string of the molecule is CCN1C(=O)c2ccccc2C1(O)CC. The maximum atomic E-state index is 12.0. The average molecular weight is 205 g/mol. The van der Waals surface area contributed by atoms with Crippen molar-refractivity contribution in [2.24, 2.45) is 0 Å². The van der Waals surface area contributed by atoms with Crippen LogP contribution in [0.1, 0.15) is 36.2 Å². The third-order valence-corrected chi connectivity index (χ3v) is 3.09. The van der Waals surface area contributed by atoms with Crippen molar-refractivity contribution in [3.63, 3.8) is 0 Å². The van der Waals surface area contributed by atoms with Crippen LogP contribution < -0.4 is 0 Å². The zero-order valence-corrected chi connectivity index (χ0v) is 9.03. The van der Waals surface area contributed by atoms with Crippen LogP contribution in [0.4, 0.5) is 0 Å². The summed E-state index contributed by atoms with van der Waals surface area (Å²) in [6.07, 6.45) is 0.517. The molecule has 0 saturated carbocycles. The van der Waals surface area contributed by atoms with Crippen LogP contribution in [0.2, 0.25) is 0 Å². The van der Waals surface area contributed by atoms with E-state index in [9.17, 15) is 9.90 Å². The van der Waals surface area contributed by atoms with E-state index in [1.807, 2.05) is 32.0 Å². The molecule has 1 aromatic rings. The summed E-state index contributed by atoms with van der Waals surface area (Å²) in [7, 11) is 0. The first kappa shape index (κ1) is 10.2. The van der Waals surface area contributed by atoms with Crippen molar-refractivity contribution in [3.8, 4) is 0 Å². The number of hydrogen-bond donors (Lipinski definition) is 1. The lowest BCUT2D eigenvalue weighted by Gasteiger charge is -2.32. The van der Waals surface area contributed by atoms with E-state index in [1.165, 1.54) is 4.90 Å². The Morgan fingerprint density at radius 1 is 1.33 bits per heavy atom. The minimum atomic E-state index is -1.11. The molecular formula is C12H15NO2. The number of rotatable bonds is 2. The van der Waals surface area contributed by atoms with Crippen LogP contribution in [-0.2, 0) is 5.72 Å². The highest BCUT2D eigenvalue weighted by atomic mass is 16.3. The zero-order valence-electron chi connectivity index (χ0n) is 9.03. The predicted molar refractivity (Wildman–Crippen MR) is 57.3 cm³/mol. The number of aliphatic hydroxyl groups is 1. The van der Waals surface area contributed by atoms with Crippen molar-refractivity contribution < 1.29 is 9.90 Å². The van der Waals surface area contributed by atoms with Crippen LogP contribution in [0.25, 0.3) is 0 Å². The first-order valence-corrected chi connectivity index (χ1v) is 5.29. The lowest BCUT2D eigenvalue weighted by molar-refractivity contribution is -0.0845. The minimum Gasteiger partial charge on any atom is -0.367 e. The molecule has 0 fully saturated rings. The fraction of sp³-hybridized carbons (Fsp3) is 0.417. The summed E-state index contributed by atoms with van der Waals surface area (Å²) in [4.78, 5) is 13.5. The second kappa shape index (κ2) is 3.35. The zero-order chi connectivity index (χ0) is 11.1. The molecule has 1 amide bonds. The molecular weight excluding hydrogens is 190 g/mol. The van der Waals surface area contributed by atoms with Gasteiger partial charge >= 0.3 is 0 Å². The first-order valence-electron chi connectivity index (χ1n) is 5.29. The lowest BCUT2D eigenvalue weighted by Crippen LogP contribution is -2.43. The highest BCUT2D eigenvalue weighted by Crippen LogP contribution is 2.38. The number of benzene rings is 1. The molecule has 3 heteroatoms. The van der Waals surface area contributed by atoms with Gasteiger partial charge in [-0.1, -0.05) is 25.1 Å². The Labute approximate surface area is 89.3 Å². The number of amides is 1. The normalized spacial score (nSPS) is 24.5. The molecule has 0 spiro atoms. The summed E-state index contributed by atoms with van der Waals surface area (Å²) in [5, 5.41) is 10.5. The van der Waals surface area contributed by atoms with E-state index >= 15 is 0 Å². The quantitative estimate of drug-likeness (QED) is 0.798. The average Bonchev–Trinajstić information content (AvgIpc) is 2.50. The van der Waals surface area contributed by atoms with Gasteiger partial charge in [-0.2, -0.15) is 0 Å². The van der Waals surface area contributed by atoms with Gasteiger partial charge in [0, 0.05) is 17.7 Å². The smallest absolute Gasteiger partial charge is 0.256 e. The fourth-order valence-electron chi connectivity index (χ4n) is 2.26. The van der Waals surface area contributed by atoms with Gasteiger partial charge in [0.15, 0.2) is 5.72 Å². The molecule has 15 heavy (non-hydrogen) atoms. The maximum absolute atomic E-state index is 12.0. The minimum absolute atomic E-state index is 0.0718. The van der Waals surface area contributed by atoms with Gasteiger partial charge in [0.05, 0.1) is 0 Å². The number of nitrogens with zero attached hydrogens (tertiary/aromatic N) is 1. The monoisotopic (exact) mass is 205 g/mol. The van der Waals surface area contributed by atoms with Crippen LogP contribution in [0, 0.1) is 0 Å². The third-order valence-electron chi connectivity index (χ3n) is 3.09. The van der Waals surface area contributed by atoms with Crippen LogP contribution in [0.3, 0.4) is 0 Å². The highest BCUT2D eigenvalue weighted by Gasteiger charge is 2.45. The van der Waals surface area contributed by atoms with Crippen LogP contribution >= 0.6 is 0 Å². The van der Waals surface area contributed by atoms with Crippen molar-refractivity contribution >= 4 is 5.91 Å². The largest absolute Gasteiger partial charge is 0.367 e. The van der Waals surface area contributed by atoms with Crippen molar-refractivity contribution in [2.45, 2.75) is 26.0 Å². The maximum Gasteiger partial charge on any atom is 0.256 e. The van der Waals surface area contributed by atoms with Gasteiger partial charge in [0.2, 0.25) is 0 Å². The molecule has 1 heterocycles. The predicted octanol–water partition coefficient (Wildman–Crippen LogP) is 1.72. The summed E-state index contributed by atoms with van der Waals surface area (Å²) in [5.74, 6) is -0.0718. The lowest BCUT2D eigenvalue weighted by atomic mass is 9.99. The van der Waals surface area contributed by atoms with Crippen LogP contribution in [0.15, 0.2) is 24.3 Å². The van der Waals surface area contributed by atoms with E-state index in [-0.39, 0.29) is 5.91 Å². The summed E-state index contributed by atoms with van der Waals surface area (Å²) in [5.41, 5.74) is 0.255. The van der Waals surface area contributed by atoms with E-state index in [4.69, 9.17) is 0 Å². The molecule has 1 atom stereocenters. The number of fused-ring (bicyclic) bond motifs is 1. The van der Waals surface area contributed by atoms with Crippen LogP contribution in [0.5, 0.6) is 0 Å². The molecule has 1 aliphatic heterocycles. The summed E-state index contributed by atoms with van der Waals surface area (Å²) < 4.78 is 0. The topological polar surface area (TPSA) is 40.5 Å². The standard InChI is InChI=1S/C12H15NO2/c1-3-12(15)10-8-6-5-7-9(10)11(14)13(12)4-2/h5-8,15H,3-4H2,1-2H3. The van der Waals surface area contributed by atoms with Gasteiger partial charge in [-0.3, -0.25) is 4.79 Å². The van der Waals surface area contributed by atoms with Gasteiger partial charge in [-0.15, -0.1) is 0 Å². The fourth-order valence-corrected chi connectivity index (χ4v) is 2.26. The molecule has 1 N–H and O–H groups in total. The van der Waals surface area contributed by atoms with E-state index < -0.39 is 5.72 Å². The third kappa shape index (κ3) is 1.20. The molecule has 0 aromatic heterocycles. The van der Waals surface area contributed by atoms with Gasteiger partial charge in [0.1, 0.15) is 0 Å². The Morgan fingerprint density at radius 3 is 2.60 bits per heavy atom. The van der Waals surface area contributed by atoms with E-state index in [2.05, 4.69) is 0 Å². The van der Waals surface area contributed by atoms with Gasteiger partial charge in [0.25, 0.3) is 5.91 Å². The first-order chi connectivity index (χ1) is 7.15. The van der Waals surface area contributed by atoms with Crippen molar-refractivity contribution in [2.75, 3.05) is 6.54 Å². The Bertz CT molecular complexity index is 402. The van der Waals surface area contributed by atoms with Crippen molar-refractivity contribution in [1.29, 1.82) is 0 Å². The van der Waals surface area contributed by atoms with Crippen molar-refractivity contribution in [1.82, 2.24) is 4.90 Å². The number of carbonyl (C=O) groups is 1. The Morgan fingerprint density at radius 2 is 2.00 bits per heavy atom. The number of carbonyl (C=O) groups excluding carboxylic acids is 1. The molecule has 2 rings (SSSR count). The number of hydrogen-bond acceptors (Lipinski definition) is 2. The second-order valence-corrected chi connectivity index (χ2v) is 3.77. The molecule has 0 aliphatic carbocycles. The molecule has 80 valence electrons. The summed E-state index contributed by atoms with van der Waals surface area (Å²) in [6, 6.07) is 7.28. The van der Waals surface area contributed by atoms with Gasteiger partial charge in [-0.05, 0) is 19.4 Å². The summed E-state index contributed by atoms with van der Waals surface area (Å²) in [6.45, 7) is 4.29. The Balaban J connectivity index is 2.61. The van der Waals surface area contributed by atoms with E-state index in [1.54, 1.807) is 6.07 Å². The molecule has 0 bridgehead atoms. The molecule has 1 aromatic carbocycles. The summed E-state index contributed by atoms with van der Waals surface area (Å²) >= 11 is 0. The second-order valence-electron chi connectivity index (χ2n) is 3.77. The van der Waals surface area contributed by atoms with Crippen LogP contribution in [-0.4, -0.2) is 22.5 Å².